The smallest absolute Gasteiger partial charge is 0.408 e. The molecule has 0 spiro atoms. The summed E-state index contributed by atoms with van der Waals surface area (Å²) in [5, 5.41) is 23.6. The number of nitrogens with two attached hydrogens (primary N) is 2. The molecule has 64 heavy (non-hydrogen) atoms. The number of anilines is 2. The van der Waals surface area contributed by atoms with Crippen molar-refractivity contribution in [1.82, 2.24) is 29.4 Å². The summed E-state index contributed by atoms with van der Waals surface area (Å²) in [5.74, 6) is 0.697. The second-order valence-electron chi connectivity index (χ2n) is 16.0. The summed E-state index contributed by atoms with van der Waals surface area (Å²) in [6, 6.07) is 27.0. The van der Waals surface area contributed by atoms with Gasteiger partial charge in [0.1, 0.15) is 22.1 Å². The van der Waals surface area contributed by atoms with Crippen molar-refractivity contribution in [2.24, 2.45) is 0 Å². The lowest BCUT2D eigenvalue weighted by Gasteiger charge is -2.38. The number of rotatable bonds is 17. The highest BCUT2D eigenvalue weighted by Crippen LogP contribution is 2.44. The van der Waals surface area contributed by atoms with Gasteiger partial charge in [-0.2, -0.15) is 9.10 Å². The molecule has 1 amide bonds. The van der Waals surface area contributed by atoms with Gasteiger partial charge < -0.3 is 30.8 Å². The molecule has 6 rings (SSSR count). The van der Waals surface area contributed by atoms with E-state index in [4.69, 9.17) is 25.7 Å². The first-order valence-corrected chi connectivity index (χ1v) is 23.1. The number of aromatic nitrogens is 4. The molecule has 338 valence electrons. The van der Waals surface area contributed by atoms with Crippen LogP contribution in [0.1, 0.15) is 44.4 Å². The van der Waals surface area contributed by atoms with Crippen LogP contribution in [0.15, 0.2) is 113 Å². The molecule has 5 aromatic carbocycles. The molecule has 0 aliphatic heterocycles. The number of tetrazole rings is 1. The molecule has 0 aliphatic carbocycles. The molecule has 6 aromatic rings. The zero-order valence-electron chi connectivity index (χ0n) is 36.6. The van der Waals surface area contributed by atoms with Gasteiger partial charge in [0.2, 0.25) is 15.8 Å². The van der Waals surface area contributed by atoms with Crippen molar-refractivity contribution in [2.75, 3.05) is 38.5 Å². The molecule has 0 saturated carbocycles. The van der Waals surface area contributed by atoms with Crippen LogP contribution in [0.5, 0.6) is 17.2 Å². The lowest BCUT2D eigenvalue weighted by molar-refractivity contribution is 0.0815. The third-order valence-electron chi connectivity index (χ3n) is 10.5. The zero-order valence-corrected chi connectivity index (χ0v) is 38.2. The molecule has 0 aliphatic rings. The molecule has 17 nitrogen and oxygen atoms in total. The number of amides is 1. The van der Waals surface area contributed by atoms with Crippen LogP contribution in [0, 0.1) is 0 Å². The van der Waals surface area contributed by atoms with Gasteiger partial charge in [-0.25, -0.2) is 21.6 Å². The van der Waals surface area contributed by atoms with Crippen LogP contribution in [0.25, 0.3) is 22.5 Å². The van der Waals surface area contributed by atoms with E-state index in [1.165, 1.54) is 38.1 Å². The summed E-state index contributed by atoms with van der Waals surface area (Å²) >= 11 is 0. The normalized spacial score (nSPS) is 12.5. The molecule has 1 aromatic heterocycles. The van der Waals surface area contributed by atoms with E-state index in [9.17, 15) is 9.90 Å². The van der Waals surface area contributed by atoms with E-state index in [1.807, 2.05) is 0 Å². The molecular formula is C45H52N8O9S2. The number of nitrogens with zero attached hydrogens (tertiary/aromatic N) is 6. The molecule has 0 unspecified atom stereocenters. The van der Waals surface area contributed by atoms with E-state index < -0.39 is 53.1 Å². The summed E-state index contributed by atoms with van der Waals surface area (Å²) in [5.41, 5.74) is 14.2. The third-order valence-corrected chi connectivity index (χ3v) is 14.4. The number of benzene rings is 5. The summed E-state index contributed by atoms with van der Waals surface area (Å²) in [6.45, 7) is 6.02. The van der Waals surface area contributed by atoms with Gasteiger partial charge in [-0.1, -0.05) is 54.6 Å². The summed E-state index contributed by atoms with van der Waals surface area (Å²) in [7, 11) is -5.10. The highest BCUT2D eigenvalue weighted by molar-refractivity contribution is 7.93. The number of methoxy groups -OCH3 is 3. The van der Waals surface area contributed by atoms with Crippen molar-refractivity contribution in [3.63, 3.8) is 0 Å². The van der Waals surface area contributed by atoms with Gasteiger partial charge in [-0.15, -0.1) is 10.2 Å². The highest BCUT2D eigenvalue weighted by atomic mass is 32.2. The van der Waals surface area contributed by atoms with E-state index in [0.29, 0.717) is 28.4 Å². The molecule has 0 bridgehead atoms. The molecule has 19 heteroatoms. The largest absolute Gasteiger partial charge is 0.497 e. The number of hydrogen-bond donors (Lipinski definition) is 3. The Labute approximate surface area is 373 Å². The average Bonchev–Trinajstić information content (AvgIpc) is 3.71. The fourth-order valence-electron chi connectivity index (χ4n) is 7.48. The minimum absolute atomic E-state index is 0.0950. The first kappa shape index (κ1) is 46.8. The van der Waals surface area contributed by atoms with Crippen molar-refractivity contribution in [3.8, 4) is 39.8 Å². The van der Waals surface area contributed by atoms with E-state index in [-0.39, 0.29) is 53.5 Å². The first-order chi connectivity index (χ1) is 30.3. The predicted molar refractivity (Wildman–Crippen MR) is 243 cm³/mol. The Morgan fingerprint density at radius 3 is 1.75 bits per heavy atom. The summed E-state index contributed by atoms with van der Waals surface area (Å²) in [6.07, 6.45) is -1.35. The van der Waals surface area contributed by atoms with Crippen LogP contribution in [-0.2, 0) is 39.5 Å². The van der Waals surface area contributed by atoms with Crippen molar-refractivity contribution >= 4 is 37.3 Å². The molecular weight excluding hydrogens is 861 g/mol. The van der Waals surface area contributed by atoms with Crippen molar-refractivity contribution in [3.05, 3.63) is 120 Å². The monoisotopic (exact) mass is 912 g/mol. The quantitative estimate of drug-likeness (QED) is 0.0821. The Hall–Kier alpha value is -6.70. The zero-order chi connectivity index (χ0) is 46.6. The van der Waals surface area contributed by atoms with Crippen LogP contribution < -0.4 is 25.7 Å². The van der Waals surface area contributed by atoms with Gasteiger partial charge in [0.05, 0.1) is 55.5 Å². The van der Waals surface area contributed by atoms with Crippen LogP contribution in [-0.4, -0.2) is 96.1 Å². The maximum atomic E-state index is 16.0. The Balaban J connectivity index is 1.66. The maximum absolute atomic E-state index is 16.0. The second-order valence-corrected chi connectivity index (χ2v) is 19.9. The Kier molecular flexibility index (Phi) is 13.9. The number of sulfonamides is 1. The van der Waals surface area contributed by atoms with Crippen LogP contribution in [0.3, 0.4) is 0 Å². The lowest BCUT2D eigenvalue weighted by Crippen LogP contribution is -2.52. The highest BCUT2D eigenvalue weighted by Gasteiger charge is 2.40. The van der Waals surface area contributed by atoms with E-state index in [2.05, 4.69) is 15.4 Å². The number of sulfone groups is 1. The van der Waals surface area contributed by atoms with Gasteiger partial charge in [-0.3, -0.25) is 4.90 Å². The van der Waals surface area contributed by atoms with Gasteiger partial charge in [0, 0.05) is 30.2 Å². The van der Waals surface area contributed by atoms with Crippen molar-refractivity contribution < 1.29 is 40.9 Å². The van der Waals surface area contributed by atoms with Gasteiger partial charge >= 0.3 is 6.09 Å². The van der Waals surface area contributed by atoms with E-state index >= 15 is 16.8 Å². The minimum atomic E-state index is -4.97. The standard InChI is InChI=1S/C45H52N8O9S2/c1-29(53(44(54)55)45(2,3)4)28-63(56,57)39-24-23-36(37-9-8-10-38(46)41(37)47)40(43-48-50-52(49-43)27-32-15-21-35(62-7)22-16-32)42(39)64(58,59)51(25-30-11-17-33(60-5)18-12-30)26-31-13-19-34(61-6)20-14-31/h8-24,29H,25-28,46-47H2,1-7H3,(H,54,55)/t29-/m1/s1. The Morgan fingerprint density at radius 2 is 1.27 bits per heavy atom. The van der Waals surface area contributed by atoms with Gasteiger partial charge in [0.25, 0.3) is 0 Å². The number of ether oxygens (including phenoxy) is 3. The topological polar surface area (TPSA) is 235 Å². The van der Waals surface area contributed by atoms with Gasteiger partial charge in [0.15, 0.2) is 9.84 Å². The van der Waals surface area contributed by atoms with Crippen LogP contribution >= 0.6 is 0 Å². The average molecular weight is 913 g/mol. The van der Waals surface area contributed by atoms with Crippen LogP contribution in [0.4, 0.5) is 16.2 Å². The van der Waals surface area contributed by atoms with E-state index in [0.717, 1.165) is 14.8 Å². The van der Waals surface area contributed by atoms with E-state index in [1.54, 1.807) is 119 Å². The molecule has 1 heterocycles. The summed E-state index contributed by atoms with van der Waals surface area (Å²) in [4.78, 5) is 13.6. The number of nitrogen functional groups attached to an aromatic ring is 2. The van der Waals surface area contributed by atoms with Crippen LogP contribution in [0.2, 0.25) is 0 Å². The third kappa shape index (κ3) is 10.2. The summed E-state index contributed by atoms with van der Waals surface area (Å²) < 4.78 is 79.2. The number of carbonyl (C=O) groups is 1. The first-order valence-electron chi connectivity index (χ1n) is 20.0. The number of para-hydroxylation sites is 1. The molecule has 5 N–H and O–H groups in total. The molecule has 0 saturated heterocycles. The minimum Gasteiger partial charge on any atom is -0.497 e. The second kappa shape index (κ2) is 19.0. The predicted octanol–water partition coefficient (Wildman–Crippen LogP) is 6.58. The lowest BCUT2D eigenvalue weighted by atomic mass is 9.97. The van der Waals surface area contributed by atoms with Crippen molar-refractivity contribution in [1.29, 1.82) is 0 Å². The number of hydrogen-bond acceptors (Lipinski definition) is 13. The fourth-order valence-corrected chi connectivity index (χ4v) is 11.5. The van der Waals surface area contributed by atoms with Crippen molar-refractivity contribution in [2.45, 2.75) is 68.7 Å². The molecule has 1 atom stereocenters. The molecule has 0 radical (unpaired) electrons. The Bertz CT molecular complexity index is 2780. The number of carboxylic acid groups (broad SMARTS) is 1. The Morgan fingerprint density at radius 1 is 0.750 bits per heavy atom. The maximum Gasteiger partial charge on any atom is 0.408 e. The SMILES string of the molecule is COc1ccc(CN(Cc2ccc(OC)cc2)S(=O)(=O)c2c(S(=O)(=O)C[C@@H](C)N(C(=O)O)C(C)(C)C)ccc(-c3cccc(N)c3N)c2-c2nnn(Cc3ccc(OC)cc3)n2)cc1. The van der Waals surface area contributed by atoms with Gasteiger partial charge in [-0.05, 0) is 104 Å². The molecule has 0 fully saturated rings. The fraction of sp³-hybridized carbons (Fsp3) is 0.289.